The number of rotatable bonds is 10. The van der Waals surface area contributed by atoms with Crippen LogP contribution in [-0.2, 0) is 20.7 Å². The molecule has 3 rings (SSSR count). The minimum atomic E-state index is -0.569. The van der Waals surface area contributed by atoms with Gasteiger partial charge in [-0.25, -0.2) is 0 Å². The number of benzene rings is 3. The van der Waals surface area contributed by atoms with Gasteiger partial charge in [-0.1, -0.05) is 24.3 Å². The van der Waals surface area contributed by atoms with Crippen molar-refractivity contribution < 1.29 is 33.3 Å². The quantitative estimate of drug-likeness (QED) is 0.461. The molecular formula is C25H25NO7. The molecule has 0 saturated carbocycles. The van der Waals surface area contributed by atoms with Crippen molar-refractivity contribution in [1.29, 1.82) is 0 Å². The first-order valence-corrected chi connectivity index (χ1v) is 10.1. The summed E-state index contributed by atoms with van der Waals surface area (Å²) in [7, 11) is 4.48. The molecule has 1 N–H and O–H groups in total. The van der Waals surface area contributed by atoms with Crippen LogP contribution in [0.25, 0.3) is 0 Å². The Morgan fingerprint density at radius 3 is 2.09 bits per heavy atom. The number of ether oxygens (including phenoxy) is 5. The third kappa shape index (κ3) is 6.64. The Balaban J connectivity index is 1.54. The fourth-order valence-electron chi connectivity index (χ4n) is 3.06. The second-order valence-corrected chi connectivity index (χ2v) is 6.86. The van der Waals surface area contributed by atoms with E-state index in [1.54, 1.807) is 36.4 Å². The van der Waals surface area contributed by atoms with Crippen LogP contribution >= 0.6 is 0 Å². The van der Waals surface area contributed by atoms with Gasteiger partial charge < -0.3 is 29.0 Å². The molecule has 8 nitrogen and oxygen atoms in total. The zero-order valence-corrected chi connectivity index (χ0v) is 18.6. The topological polar surface area (TPSA) is 92.3 Å². The first kappa shape index (κ1) is 23.5. The highest BCUT2D eigenvalue weighted by atomic mass is 16.5. The molecule has 0 aliphatic heterocycles. The molecule has 0 fully saturated rings. The van der Waals surface area contributed by atoms with Gasteiger partial charge >= 0.3 is 5.97 Å². The maximum absolute atomic E-state index is 12.2. The van der Waals surface area contributed by atoms with E-state index in [0.717, 1.165) is 0 Å². The highest BCUT2D eigenvalue weighted by Gasteiger charge is 2.16. The lowest BCUT2D eigenvalue weighted by molar-refractivity contribution is -0.146. The summed E-state index contributed by atoms with van der Waals surface area (Å²) in [6, 6.07) is 19.5. The molecule has 0 aliphatic carbocycles. The van der Waals surface area contributed by atoms with Gasteiger partial charge in [0, 0.05) is 11.8 Å². The van der Waals surface area contributed by atoms with Gasteiger partial charge in [0.2, 0.25) is 5.75 Å². The van der Waals surface area contributed by atoms with E-state index >= 15 is 0 Å². The van der Waals surface area contributed by atoms with Crippen molar-refractivity contribution in [2.45, 2.75) is 6.42 Å². The molecule has 33 heavy (non-hydrogen) atoms. The number of anilines is 1. The van der Waals surface area contributed by atoms with E-state index in [9.17, 15) is 9.59 Å². The fraction of sp³-hybridized carbons (Fsp3) is 0.200. The van der Waals surface area contributed by atoms with Crippen LogP contribution in [-0.4, -0.2) is 39.8 Å². The van der Waals surface area contributed by atoms with Gasteiger partial charge in [0.1, 0.15) is 11.5 Å². The summed E-state index contributed by atoms with van der Waals surface area (Å²) in [6.45, 7) is -0.424. The number of carbonyl (C=O) groups is 2. The molecule has 0 heterocycles. The van der Waals surface area contributed by atoms with Crippen LogP contribution in [0.2, 0.25) is 0 Å². The second kappa shape index (κ2) is 11.4. The smallest absolute Gasteiger partial charge is 0.310 e. The van der Waals surface area contributed by atoms with E-state index in [1.165, 1.54) is 21.3 Å². The number of para-hydroxylation sites is 1. The second-order valence-electron chi connectivity index (χ2n) is 6.86. The number of nitrogens with one attached hydrogen (secondary N) is 1. The summed E-state index contributed by atoms with van der Waals surface area (Å²) < 4.78 is 26.7. The highest BCUT2D eigenvalue weighted by Crippen LogP contribution is 2.38. The molecule has 1 amide bonds. The predicted molar refractivity (Wildman–Crippen MR) is 122 cm³/mol. The van der Waals surface area contributed by atoms with Crippen molar-refractivity contribution in [2.75, 3.05) is 33.3 Å². The number of esters is 1. The number of carbonyl (C=O) groups excluding carboxylic acids is 2. The Morgan fingerprint density at radius 2 is 1.45 bits per heavy atom. The maximum atomic E-state index is 12.2. The van der Waals surface area contributed by atoms with Crippen molar-refractivity contribution in [3.05, 3.63) is 72.3 Å². The molecule has 0 radical (unpaired) electrons. The Bertz CT molecular complexity index is 1070. The van der Waals surface area contributed by atoms with E-state index in [-0.39, 0.29) is 6.42 Å². The van der Waals surface area contributed by atoms with E-state index in [1.807, 2.05) is 30.3 Å². The van der Waals surface area contributed by atoms with Gasteiger partial charge in [-0.15, -0.1) is 0 Å². The van der Waals surface area contributed by atoms with Crippen LogP contribution in [0, 0.1) is 0 Å². The lowest BCUT2D eigenvalue weighted by Crippen LogP contribution is -2.21. The van der Waals surface area contributed by atoms with E-state index in [2.05, 4.69) is 5.32 Å². The van der Waals surface area contributed by atoms with Gasteiger partial charge in [-0.2, -0.15) is 0 Å². The van der Waals surface area contributed by atoms with E-state index in [0.29, 0.717) is 40.0 Å². The normalized spacial score (nSPS) is 10.2. The molecule has 0 saturated heterocycles. The largest absolute Gasteiger partial charge is 0.493 e. The van der Waals surface area contributed by atoms with Crippen molar-refractivity contribution in [3.63, 3.8) is 0 Å². The average molecular weight is 451 g/mol. The molecule has 0 unspecified atom stereocenters. The van der Waals surface area contributed by atoms with Crippen molar-refractivity contribution >= 4 is 17.6 Å². The molecule has 172 valence electrons. The number of hydrogen-bond donors (Lipinski definition) is 1. The molecule has 0 bridgehead atoms. The minimum Gasteiger partial charge on any atom is -0.493 e. The van der Waals surface area contributed by atoms with Gasteiger partial charge in [-0.05, 0) is 42.0 Å². The zero-order chi connectivity index (χ0) is 23.6. The summed E-state index contributed by atoms with van der Waals surface area (Å²) in [5.74, 6) is 1.49. The Kier molecular flexibility index (Phi) is 8.13. The van der Waals surface area contributed by atoms with Crippen LogP contribution in [0.4, 0.5) is 5.69 Å². The molecule has 8 heteroatoms. The van der Waals surface area contributed by atoms with Gasteiger partial charge in [0.25, 0.3) is 5.91 Å². The first-order valence-electron chi connectivity index (χ1n) is 10.1. The molecule has 0 aliphatic rings. The fourth-order valence-corrected chi connectivity index (χ4v) is 3.06. The Hall–Kier alpha value is -4.20. The number of amides is 1. The van der Waals surface area contributed by atoms with Gasteiger partial charge in [0.05, 0.1) is 27.8 Å². The van der Waals surface area contributed by atoms with Crippen molar-refractivity contribution in [1.82, 2.24) is 0 Å². The third-order valence-corrected chi connectivity index (χ3v) is 4.53. The van der Waals surface area contributed by atoms with Crippen LogP contribution in [0.5, 0.6) is 28.7 Å². The first-order chi connectivity index (χ1) is 16.0. The molecule has 3 aromatic carbocycles. The van der Waals surface area contributed by atoms with Crippen LogP contribution < -0.4 is 24.3 Å². The monoisotopic (exact) mass is 451 g/mol. The highest BCUT2D eigenvalue weighted by molar-refractivity contribution is 5.93. The average Bonchev–Trinajstić information content (AvgIpc) is 2.83. The Morgan fingerprint density at radius 1 is 0.788 bits per heavy atom. The predicted octanol–water partition coefficient (Wildman–Crippen LogP) is 4.23. The zero-order valence-electron chi connectivity index (χ0n) is 18.6. The van der Waals surface area contributed by atoms with Gasteiger partial charge in [0.15, 0.2) is 18.1 Å². The Labute approximate surface area is 192 Å². The summed E-state index contributed by atoms with van der Waals surface area (Å²) in [4.78, 5) is 24.5. The molecule has 0 atom stereocenters. The molecule has 0 aromatic heterocycles. The third-order valence-electron chi connectivity index (χ3n) is 4.53. The molecule has 0 spiro atoms. The summed E-state index contributed by atoms with van der Waals surface area (Å²) >= 11 is 0. The van der Waals surface area contributed by atoms with E-state index < -0.39 is 18.5 Å². The van der Waals surface area contributed by atoms with Crippen LogP contribution in [0.3, 0.4) is 0 Å². The molecular weight excluding hydrogens is 426 g/mol. The minimum absolute atomic E-state index is 0.0651. The summed E-state index contributed by atoms with van der Waals surface area (Å²) in [5, 5.41) is 2.69. The maximum Gasteiger partial charge on any atom is 0.310 e. The number of methoxy groups -OCH3 is 3. The lowest BCUT2D eigenvalue weighted by atomic mass is 10.1. The molecule has 3 aromatic rings. The van der Waals surface area contributed by atoms with Crippen molar-refractivity contribution in [2.24, 2.45) is 0 Å². The van der Waals surface area contributed by atoms with Crippen LogP contribution in [0.15, 0.2) is 66.7 Å². The van der Waals surface area contributed by atoms with Crippen molar-refractivity contribution in [3.8, 4) is 28.7 Å². The summed E-state index contributed by atoms with van der Waals surface area (Å²) in [6.07, 6.45) is -0.0651. The van der Waals surface area contributed by atoms with Gasteiger partial charge in [-0.3, -0.25) is 9.59 Å². The lowest BCUT2D eigenvalue weighted by Gasteiger charge is -2.14. The number of hydrogen-bond acceptors (Lipinski definition) is 7. The standard InChI is InChI=1S/C25H25NO7/c1-29-21-12-17(13-22(30-2)25(21)31-3)14-24(28)32-16-23(27)26-18-8-7-11-20(15-18)33-19-9-5-4-6-10-19/h4-13,15H,14,16H2,1-3H3,(H,26,27). The van der Waals surface area contributed by atoms with E-state index in [4.69, 9.17) is 23.7 Å². The summed E-state index contributed by atoms with van der Waals surface area (Å²) in [5.41, 5.74) is 1.12. The SMILES string of the molecule is COc1cc(CC(=O)OCC(=O)Nc2cccc(Oc3ccccc3)c2)cc(OC)c1OC. The van der Waals surface area contributed by atoms with Crippen LogP contribution in [0.1, 0.15) is 5.56 Å².